The van der Waals surface area contributed by atoms with Gasteiger partial charge in [0.1, 0.15) is 29.9 Å². The standard InChI is InChI=1S/C24H24N6O3/c1-30(22(24-26-28-29-27-24)17-32-19-8-4-2-5-9-19)16-23(31)25-18-12-14-21(15-13-18)33-20-10-6-3-7-11-20/h2-15,22H,16-17H2,1H3,(H,25,31)(H,26,27,28,29). The third-order valence-electron chi connectivity index (χ3n) is 4.87. The SMILES string of the molecule is CN(CC(=O)Nc1ccc(Oc2ccccc2)cc1)C(COc1ccccc1)c1nnn[nH]1. The summed E-state index contributed by atoms with van der Waals surface area (Å²) in [7, 11) is 1.82. The van der Waals surface area contributed by atoms with Gasteiger partial charge in [0.2, 0.25) is 5.91 Å². The molecule has 9 nitrogen and oxygen atoms in total. The molecule has 0 bridgehead atoms. The van der Waals surface area contributed by atoms with Crippen LogP contribution < -0.4 is 14.8 Å². The zero-order valence-corrected chi connectivity index (χ0v) is 18.1. The Bertz CT molecular complexity index is 1120. The summed E-state index contributed by atoms with van der Waals surface area (Å²) in [4.78, 5) is 14.5. The molecular formula is C24H24N6O3. The number of tetrazole rings is 1. The first-order valence-electron chi connectivity index (χ1n) is 10.4. The van der Waals surface area contributed by atoms with E-state index in [2.05, 4.69) is 25.9 Å². The van der Waals surface area contributed by atoms with E-state index in [0.29, 0.717) is 17.3 Å². The van der Waals surface area contributed by atoms with Gasteiger partial charge in [-0.25, -0.2) is 5.10 Å². The van der Waals surface area contributed by atoms with Crippen LogP contribution in [0.15, 0.2) is 84.9 Å². The molecule has 0 radical (unpaired) electrons. The molecule has 0 aliphatic carbocycles. The number of nitrogens with one attached hydrogen (secondary N) is 2. The highest BCUT2D eigenvalue weighted by Gasteiger charge is 2.23. The average molecular weight is 444 g/mol. The van der Waals surface area contributed by atoms with Crippen LogP contribution in [0.1, 0.15) is 11.9 Å². The van der Waals surface area contributed by atoms with E-state index >= 15 is 0 Å². The number of hydrogen-bond donors (Lipinski definition) is 2. The number of para-hydroxylation sites is 2. The second-order valence-corrected chi connectivity index (χ2v) is 7.33. The highest BCUT2D eigenvalue weighted by Crippen LogP contribution is 2.23. The molecule has 1 unspecified atom stereocenters. The summed E-state index contributed by atoms with van der Waals surface area (Å²) in [5, 5.41) is 17.0. The predicted molar refractivity (Wildman–Crippen MR) is 123 cm³/mol. The van der Waals surface area contributed by atoms with Crippen molar-refractivity contribution >= 4 is 11.6 Å². The number of ether oxygens (including phenoxy) is 2. The van der Waals surface area contributed by atoms with Crippen LogP contribution in [0, 0.1) is 0 Å². The lowest BCUT2D eigenvalue weighted by Gasteiger charge is -2.25. The Balaban J connectivity index is 1.33. The summed E-state index contributed by atoms with van der Waals surface area (Å²) in [6, 6.07) is 25.8. The Morgan fingerprint density at radius 3 is 2.21 bits per heavy atom. The number of benzene rings is 3. The molecule has 0 fully saturated rings. The Labute approximate surface area is 191 Å². The van der Waals surface area contributed by atoms with Crippen LogP contribution >= 0.6 is 0 Å². The quantitative estimate of drug-likeness (QED) is 0.384. The lowest BCUT2D eigenvalue weighted by molar-refractivity contribution is -0.117. The van der Waals surface area contributed by atoms with Crippen molar-refractivity contribution in [3.05, 3.63) is 90.8 Å². The molecule has 1 heterocycles. The second kappa shape index (κ2) is 10.9. The fourth-order valence-corrected chi connectivity index (χ4v) is 3.18. The average Bonchev–Trinajstić information content (AvgIpc) is 3.36. The molecule has 1 atom stereocenters. The summed E-state index contributed by atoms with van der Waals surface area (Å²) >= 11 is 0. The van der Waals surface area contributed by atoms with E-state index in [-0.39, 0.29) is 25.1 Å². The molecule has 0 aliphatic rings. The molecule has 0 spiro atoms. The minimum atomic E-state index is -0.340. The summed E-state index contributed by atoms with van der Waals surface area (Å²) in [6.07, 6.45) is 0. The molecule has 2 N–H and O–H groups in total. The van der Waals surface area contributed by atoms with Crippen molar-refractivity contribution in [2.24, 2.45) is 0 Å². The van der Waals surface area contributed by atoms with Gasteiger partial charge in [-0.3, -0.25) is 9.69 Å². The van der Waals surface area contributed by atoms with Gasteiger partial charge in [-0.2, -0.15) is 0 Å². The molecule has 0 saturated carbocycles. The summed E-state index contributed by atoms with van der Waals surface area (Å²) in [6.45, 7) is 0.391. The molecule has 0 aliphatic heterocycles. The number of anilines is 1. The van der Waals surface area contributed by atoms with E-state index in [1.54, 1.807) is 12.1 Å². The minimum absolute atomic E-state index is 0.117. The summed E-state index contributed by atoms with van der Waals surface area (Å²) in [5.74, 6) is 2.51. The van der Waals surface area contributed by atoms with Gasteiger partial charge < -0.3 is 14.8 Å². The lowest BCUT2D eigenvalue weighted by Crippen LogP contribution is -2.36. The number of H-pyrrole nitrogens is 1. The van der Waals surface area contributed by atoms with Gasteiger partial charge in [-0.15, -0.1) is 5.10 Å². The number of rotatable bonds is 10. The van der Waals surface area contributed by atoms with Crippen molar-refractivity contribution < 1.29 is 14.3 Å². The third-order valence-corrected chi connectivity index (χ3v) is 4.87. The number of nitrogens with zero attached hydrogens (tertiary/aromatic N) is 4. The van der Waals surface area contributed by atoms with Crippen LogP contribution in [0.5, 0.6) is 17.2 Å². The summed E-state index contributed by atoms with van der Waals surface area (Å²) in [5.41, 5.74) is 0.673. The lowest BCUT2D eigenvalue weighted by atomic mass is 10.2. The fourth-order valence-electron chi connectivity index (χ4n) is 3.18. The Kier molecular flexibility index (Phi) is 7.24. The maximum Gasteiger partial charge on any atom is 0.238 e. The predicted octanol–water partition coefficient (Wildman–Crippen LogP) is 3.68. The van der Waals surface area contributed by atoms with E-state index in [1.807, 2.05) is 84.7 Å². The van der Waals surface area contributed by atoms with E-state index in [9.17, 15) is 4.79 Å². The highest BCUT2D eigenvalue weighted by molar-refractivity contribution is 5.92. The van der Waals surface area contributed by atoms with Crippen molar-refractivity contribution in [1.82, 2.24) is 25.5 Å². The first-order chi connectivity index (χ1) is 16.2. The molecule has 1 amide bonds. The van der Waals surface area contributed by atoms with E-state index in [4.69, 9.17) is 9.47 Å². The van der Waals surface area contributed by atoms with Crippen molar-refractivity contribution in [3.63, 3.8) is 0 Å². The molecule has 3 aromatic carbocycles. The zero-order valence-electron chi connectivity index (χ0n) is 18.1. The van der Waals surface area contributed by atoms with Gasteiger partial charge in [-0.05, 0) is 66.0 Å². The molecule has 0 saturated heterocycles. The molecule has 33 heavy (non-hydrogen) atoms. The first-order valence-corrected chi connectivity index (χ1v) is 10.4. The van der Waals surface area contributed by atoms with Crippen molar-refractivity contribution in [2.75, 3.05) is 25.5 Å². The van der Waals surface area contributed by atoms with Gasteiger partial charge >= 0.3 is 0 Å². The Hall–Kier alpha value is -4.24. The minimum Gasteiger partial charge on any atom is -0.491 e. The van der Waals surface area contributed by atoms with E-state index in [0.717, 1.165) is 11.5 Å². The first kappa shape index (κ1) is 22.0. The van der Waals surface area contributed by atoms with Gasteiger partial charge in [0.15, 0.2) is 5.82 Å². The number of likely N-dealkylation sites (N-methyl/N-ethyl adjacent to an activating group) is 1. The maximum absolute atomic E-state index is 12.7. The van der Waals surface area contributed by atoms with Crippen molar-refractivity contribution in [2.45, 2.75) is 6.04 Å². The van der Waals surface area contributed by atoms with E-state index in [1.165, 1.54) is 0 Å². The molecule has 9 heteroatoms. The topological polar surface area (TPSA) is 105 Å². The van der Waals surface area contributed by atoms with Crippen LogP contribution in [-0.2, 0) is 4.79 Å². The number of hydrogen-bond acceptors (Lipinski definition) is 7. The van der Waals surface area contributed by atoms with Crippen LogP contribution in [0.25, 0.3) is 0 Å². The Morgan fingerprint density at radius 1 is 0.939 bits per heavy atom. The number of aromatic nitrogens is 4. The third kappa shape index (κ3) is 6.37. The van der Waals surface area contributed by atoms with Gasteiger partial charge in [0, 0.05) is 5.69 Å². The van der Waals surface area contributed by atoms with Gasteiger partial charge in [0.25, 0.3) is 0 Å². The summed E-state index contributed by atoms with van der Waals surface area (Å²) < 4.78 is 11.7. The smallest absolute Gasteiger partial charge is 0.238 e. The normalized spacial score (nSPS) is 11.7. The largest absolute Gasteiger partial charge is 0.491 e. The Morgan fingerprint density at radius 2 is 1.58 bits per heavy atom. The fraction of sp³-hybridized carbons (Fsp3) is 0.167. The molecule has 4 rings (SSSR count). The number of carbonyl (C=O) groups is 1. The van der Waals surface area contributed by atoms with E-state index < -0.39 is 0 Å². The molecule has 1 aromatic heterocycles. The molecular weight excluding hydrogens is 420 g/mol. The number of aromatic amines is 1. The van der Waals surface area contributed by atoms with Gasteiger partial charge in [0.05, 0.1) is 6.54 Å². The van der Waals surface area contributed by atoms with Crippen LogP contribution in [0.4, 0.5) is 5.69 Å². The molecule has 4 aromatic rings. The van der Waals surface area contributed by atoms with Crippen molar-refractivity contribution in [3.8, 4) is 17.2 Å². The van der Waals surface area contributed by atoms with Crippen LogP contribution in [0.3, 0.4) is 0 Å². The highest BCUT2D eigenvalue weighted by atomic mass is 16.5. The van der Waals surface area contributed by atoms with Gasteiger partial charge in [-0.1, -0.05) is 36.4 Å². The maximum atomic E-state index is 12.7. The van der Waals surface area contributed by atoms with Crippen LogP contribution in [0.2, 0.25) is 0 Å². The van der Waals surface area contributed by atoms with Crippen LogP contribution in [-0.4, -0.2) is 51.6 Å². The monoisotopic (exact) mass is 444 g/mol. The van der Waals surface area contributed by atoms with Crippen molar-refractivity contribution in [1.29, 1.82) is 0 Å². The second-order valence-electron chi connectivity index (χ2n) is 7.33. The zero-order chi connectivity index (χ0) is 22.9. The molecule has 168 valence electrons. The number of amides is 1. The number of carbonyl (C=O) groups excluding carboxylic acids is 1.